The fourth-order valence-electron chi connectivity index (χ4n) is 2.22. The lowest BCUT2D eigenvalue weighted by atomic mass is 10.2. The molecule has 0 aliphatic rings. The number of guanidine groups is 1. The number of benzene rings is 2. The molecule has 2 aromatic rings. The molecular weight excluding hydrogens is 404 g/mol. The van der Waals surface area contributed by atoms with E-state index in [9.17, 15) is 14.4 Å². The van der Waals surface area contributed by atoms with Gasteiger partial charge in [-0.3, -0.25) is 20.2 Å². The summed E-state index contributed by atoms with van der Waals surface area (Å²) >= 11 is 1.53. The van der Waals surface area contributed by atoms with Gasteiger partial charge in [0.15, 0.2) is 0 Å². The zero-order chi connectivity index (χ0) is 21.9. The molecule has 0 unspecified atom stereocenters. The first-order valence-corrected chi connectivity index (χ1v) is 10.2. The van der Waals surface area contributed by atoms with Crippen LogP contribution in [0.25, 0.3) is 0 Å². The number of methoxy groups -OCH3 is 1. The molecule has 0 spiro atoms. The maximum Gasteiger partial charge on any atom is 0.413 e. The summed E-state index contributed by atoms with van der Waals surface area (Å²) in [5.74, 6) is -0.613. The summed E-state index contributed by atoms with van der Waals surface area (Å²) in [4.78, 5) is 41.7. The first-order valence-electron chi connectivity index (χ1n) is 9.35. The van der Waals surface area contributed by atoms with E-state index < -0.39 is 6.09 Å². The van der Waals surface area contributed by atoms with Crippen LogP contribution in [0.4, 0.5) is 16.2 Å². The monoisotopic (exact) mass is 428 g/mol. The minimum Gasteiger partial charge on any atom is -0.453 e. The normalized spacial score (nSPS) is 10.8. The van der Waals surface area contributed by atoms with Gasteiger partial charge in [-0.2, -0.15) is 0 Å². The fourth-order valence-corrected chi connectivity index (χ4v) is 3.09. The minimum absolute atomic E-state index is 0.0934. The van der Waals surface area contributed by atoms with E-state index >= 15 is 0 Å². The van der Waals surface area contributed by atoms with E-state index in [-0.39, 0.29) is 24.2 Å². The number of hydrogen-bond acceptors (Lipinski definition) is 6. The van der Waals surface area contributed by atoms with E-state index in [1.54, 1.807) is 26.0 Å². The van der Waals surface area contributed by atoms with Gasteiger partial charge < -0.3 is 10.1 Å². The summed E-state index contributed by atoms with van der Waals surface area (Å²) in [6, 6.07) is 15.1. The van der Waals surface area contributed by atoms with Gasteiger partial charge in [0, 0.05) is 22.6 Å². The van der Waals surface area contributed by atoms with Crippen molar-refractivity contribution in [3.63, 3.8) is 0 Å². The van der Waals surface area contributed by atoms with Crippen LogP contribution in [-0.2, 0) is 14.3 Å². The average Bonchev–Trinajstić information content (AvgIpc) is 2.75. The van der Waals surface area contributed by atoms with Crippen molar-refractivity contribution >= 4 is 47.0 Å². The third-order valence-electron chi connectivity index (χ3n) is 3.76. The van der Waals surface area contributed by atoms with Gasteiger partial charge in [-0.25, -0.2) is 9.79 Å². The van der Waals surface area contributed by atoms with Crippen molar-refractivity contribution in [1.29, 1.82) is 0 Å². The van der Waals surface area contributed by atoms with Crippen molar-refractivity contribution in [2.45, 2.75) is 36.5 Å². The van der Waals surface area contributed by atoms with E-state index in [1.807, 2.05) is 36.4 Å². The number of aliphatic imine (C=N–C) groups is 1. The quantitative estimate of drug-likeness (QED) is 0.475. The molecule has 0 aliphatic carbocycles. The number of carbonyl (C=O) groups excluding carboxylic acids is 3. The highest BCUT2D eigenvalue weighted by Crippen LogP contribution is 2.34. The van der Waals surface area contributed by atoms with E-state index in [0.717, 1.165) is 9.79 Å². The van der Waals surface area contributed by atoms with Crippen molar-refractivity contribution in [3.8, 4) is 0 Å². The highest BCUT2D eigenvalue weighted by Gasteiger charge is 2.13. The van der Waals surface area contributed by atoms with Crippen LogP contribution in [0.2, 0.25) is 0 Å². The molecule has 0 bridgehead atoms. The van der Waals surface area contributed by atoms with Gasteiger partial charge in [-0.1, -0.05) is 43.8 Å². The van der Waals surface area contributed by atoms with Crippen LogP contribution in [0.5, 0.6) is 0 Å². The van der Waals surface area contributed by atoms with Gasteiger partial charge in [0.1, 0.15) is 0 Å². The zero-order valence-corrected chi connectivity index (χ0v) is 17.8. The Morgan fingerprint density at radius 1 is 0.933 bits per heavy atom. The summed E-state index contributed by atoms with van der Waals surface area (Å²) in [5, 5.41) is 7.69. The smallest absolute Gasteiger partial charge is 0.413 e. The van der Waals surface area contributed by atoms with Crippen LogP contribution in [0, 0.1) is 0 Å². The Morgan fingerprint density at radius 2 is 1.63 bits per heavy atom. The summed E-state index contributed by atoms with van der Waals surface area (Å²) in [7, 11) is 1.21. The number of hydrogen-bond donors (Lipinski definition) is 3. The molecule has 30 heavy (non-hydrogen) atoms. The van der Waals surface area contributed by atoms with E-state index in [1.165, 1.54) is 18.9 Å². The maximum absolute atomic E-state index is 12.0. The number of alkyl carbamates (subject to hydrolysis) is 1. The predicted molar refractivity (Wildman–Crippen MR) is 117 cm³/mol. The molecule has 0 heterocycles. The molecular formula is C21H24N4O4S. The van der Waals surface area contributed by atoms with Crippen molar-refractivity contribution in [3.05, 3.63) is 48.5 Å². The Balaban J connectivity index is 2.40. The lowest BCUT2D eigenvalue weighted by molar-refractivity contribution is -0.119. The lowest BCUT2D eigenvalue weighted by Gasteiger charge is -2.13. The topological polar surface area (TPSA) is 109 Å². The second kappa shape index (κ2) is 11.6. The van der Waals surface area contributed by atoms with Crippen LogP contribution in [0.3, 0.4) is 0 Å². The molecule has 0 aliphatic heterocycles. The Bertz CT molecular complexity index is 912. The number of nitrogens with zero attached hydrogens (tertiary/aromatic N) is 1. The molecule has 3 N–H and O–H groups in total. The molecule has 0 saturated heterocycles. The Morgan fingerprint density at radius 3 is 2.27 bits per heavy atom. The molecule has 2 rings (SSSR count). The Hall–Kier alpha value is -3.33. The number of ether oxygens (including phenoxy) is 1. The Kier molecular flexibility index (Phi) is 8.89. The van der Waals surface area contributed by atoms with E-state index in [0.29, 0.717) is 17.8 Å². The second-order valence-corrected chi connectivity index (χ2v) is 7.12. The molecule has 2 aromatic carbocycles. The number of amides is 3. The lowest BCUT2D eigenvalue weighted by Crippen LogP contribution is -2.43. The fraction of sp³-hybridized carbons (Fsp3) is 0.238. The number of nitrogens with one attached hydrogen (secondary N) is 3. The van der Waals surface area contributed by atoms with Gasteiger partial charge in [0.25, 0.3) is 0 Å². The van der Waals surface area contributed by atoms with Crippen molar-refractivity contribution in [1.82, 2.24) is 10.6 Å². The highest BCUT2D eigenvalue weighted by atomic mass is 32.2. The molecule has 0 radical (unpaired) electrons. The number of anilines is 1. The van der Waals surface area contributed by atoms with E-state index in [4.69, 9.17) is 0 Å². The standard InChI is InChI=1S/C21H24N4O4S/c1-4-18(26)22-17-13-15(30-14-9-7-6-8-10-14)11-12-16(17)23-20(24-19(27)5-2)25-21(28)29-3/h6-13H,4-5H2,1-3H3,(H,22,26)(H2,23,24,25,27,28). The number of carbonyl (C=O) groups is 3. The van der Waals surface area contributed by atoms with Crippen LogP contribution < -0.4 is 16.0 Å². The molecule has 3 amide bonds. The van der Waals surface area contributed by atoms with Crippen molar-refractivity contribution in [2.24, 2.45) is 4.99 Å². The van der Waals surface area contributed by atoms with Crippen molar-refractivity contribution < 1.29 is 19.1 Å². The molecule has 9 heteroatoms. The third-order valence-corrected chi connectivity index (χ3v) is 4.76. The van der Waals surface area contributed by atoms with Crippen LogP contribution in [-0.4, -0.2) is 31.0 Å². The van der Waals surface area contributed by atoms with Gasteiger partial charge in [-0.05, 0) is 30.3 Å². The molecule has 0 atom stereocenters. The molecule has 0 fully saturated rings. The SMILES string of the molecule is CCC(=O)NC(=Nc1ccc(Sc2ccccc2)cc1NC(=O)CC)NC(=O)OC. The molecule has 8 nitrogen and oxygen atoms in total. The Labute approximate surface area is 179 Å². The number of rotatable bonds is 6. The van der Waals surface area contributed by atoms with Gasteiger partial charge in [0.2, 0.25) is 17.8 Å². The predicted octanol–water partition coefficient (Wildman–Crippen LogP) is 4.06. The van der Waals surface area contributed by atoms with Crippen molar-refractivity contribution in [2.75, 3.05) is 12.4 Å². The second-order valence-electron chi connectivity index (χ2n) is 5.97. The first-order chi connectivity index (χ1) is 14.4. The first kappa shape index (κ1) is 23.0. The zero-order valence-electron chi connectivity index (χ0n) is 17.0. The summed E-state index contributed by atoms with van der Waals surface area (Å²) < 4.78 is 4.58. The van der Waals surface area contributed by atoms with Gasteiger partial charge in [0.05, 0.1) is 18.5 Å². The summed E-state index contributed by atoms with van der Waals surface area (Å²) in [5.41, 5.74) is 0.828. The summed E-state index contributed by atoms with van der Waals surface area (Å²) in [6.45, 7) is 3.42. The van der Waals surface area contributed by atoms with Crippen LogP contribution in [0.1, 0.15) is 26.7 Å². The summed E-state index contributed by atoms with van der Waals surface area (Å²) in [6.07, 6.45) is -0.284. The largest absolute Gasteiger partial charge is 0.453 e. The van der Waals surface area contributed by atoms with Crippen LogP contribution >= 0.6 is 11.8 Å². The third kappa shape index (κ3) is 7.25. The van der Waals surface area contributed by atoms with Gasteiger partial charge >= 0.3 is 6.09 Å². The highest BCUT2D eigenvalue weighted by molar-refractivity contribution is 7.99. The molecule has 0 saturated carbocycles. The average molecular weight is 429 g/mol. The molecule has 0 aromatic heterocycles. The molecule has 158 valence electrons. The van der Waals surface area contributed by atoms with E-state index in [2.05, 4.69) is 25.7 Å². The maximum atomic E-state index is 12.0. The van der Waals surface area contributed by atoms with Gasteiger partial charge in [-0.15, -0.1) is 0 Å². The minimum atomic E-state index is -0.777. The van der Waals surface area contributed by atoms with Crippen LogP contribution in [0.15, 0.2) is 63.3 Å².